The van der Waals surface area contributed by atoms with Gasteiger partial charge in [-0.25, -0.2) is 0 Å². The van der Waals surface area contributed by atoms with Crippen molar-refractivity contribution in [1.82, 2.24) is 0 Å². The van der Waals surface area contributed by atoms with Gasteiger partial charge in [-0.2, -0.15) is 0 Å². The van der Waals surface area contributed by atoms with Crippen LogP contribution in [-0.4, -0.2) is 24.9 Å². The number of hydrogen-bond acceptors (Lipinski definition) is 2. The summed E-state index contributed by atoms with van der Waals surface area (Å²) >= 11 is 0. The Morgan fingerprint density at radius 3 is 2.25 bits per heavy atom. The van der Waals surface area contributed by atoms with Gasteiger partial charge >= 0.3 is 0 Å². The van der Waals surface area contributed by atoms with Gasteiger partial charge in [0.25, 0.3) is 0 Å². The molecule has 0 spiro atoms. The zero-order chi connectivity index (χ0) is 9.61. The molecule has 0 aromatic heterocycles. The maximum Gasteiger partial charge on any atom is 0.0780 e. The van der Waals surface area contributed by atoms with E-state index in [-0.39, 0.29) is 11.7 Å². The first-order chi connectivity index (χ1) is 5.45. The van der Waals surface area contributed by atoms with Crippen LogP contribution in [-0.2, 0) is 9.47 Å². The summed E-state index contributed by atoms with van der Waals surface area (Å²) in [7, 11) is 0. The molecule has 0 fully saturated rings. The monoisotopic (exact) mass is 174 g/mol. The predicted molar refractivity (Wildman–Crippen MR) is 51.4 cm³/mol. The van der Waals surface area contributed by atoms with E-state index in [1.165, 1.54) is 0 Å². The zero-order valence-electron chi connectivity index (χ0n) is 9.02. The minimum Gasteiger partial charge on any atom is -0.376 e. The summed E-state index contributed by atoms with van der Waals surface area (Å²) in [6.07, 6.45) is 1.28. The zero-order valence-corrected chi connectivity index (χ0v) is 9.02. The van der Waals surface area contributed by atoms with Crippen molar-refractivity contribution in [3.63, 3.8) is 0 Å². The maximum absolute atomic E-state index is 5.56. The fourth-order valence-electron chi connectivity index (χ4n) is 0.735. The minimum absolute atomic E-state index is 0.0518. The smallest absolute Gasteiger partial charge is 0.0780 e. The lowest BCUT2D eigenvalue weighted by Gasteiger charge is -2.22. The molecule has 0 aliphatic carbocycles. The molecule has 0 aromatic carbocycles. The summed E-state index contributed by atoms with van der Waals surface area (Å²) in [6, 6.07) is 0. The third-order valence-corrected chi connectivity index (χ3v) is 1.36. The number of hydrogen-bond donors (Lipinski definition) is 0. The highest BCUT2D eigenvalue weighted by atomic mass is 16.5. The van der Waals surface area contributed by atoms with Gasteiger partial charge in [0.1, 0.15) is 0 Å². The van der Waals surface area contributed by atoms with Crippen LogP contribution in [0.5, 0.6) is 0 Å². The van der Waals surface area contributed by atoms with Crippen LogP contribution in [0.3, 0.4) is 0 Å². The van der Waals surface area contributed by atoms with Crippen LogP contribution < -0.4 is 0 Å². The van der Waals surface area contributed by atoms with E-state index in [4.69, 9.17) is 9.47 Å². The summed E-state index contributed by atoms with van der Waals surface area (Å²) in [4.78, 5) is 0. The first-order valence-electron chi connectivity index (χ1n) is 4.71. The lowest BCUT2D eigenvalue weighted by Crippen LogP contribution is -2.26. The Morgan fingerprint density at radius 2 is 1.83 bits per heavy atom. The highest BCUT2D eigenvalue weighted by Gasteiger charge is 2.12. The molecule has 1 atom stereocenters. The van der Waals surface area contributed by atoms with Gasteiger partial charge in [-0.15, -0.1) is 0 Å². The molecule has 0 N–H and O–H groups in total. The first kappa shape index (κ1) is 11.9. The fraction of sp³-hybridized carbons (Fsp3) is 1.00. The molecule has 0 aromatic rings. The third-order valence-electron chi connectivity index (χ3n) is 1.36. The van der Waals surface area contributed by atoms with Crippen molar-refractivity contribution in [2.45, 2.75) is 52.7 Å². The van der Waals surface area contributed by atoms with Gasteiger partial charge in [0, 0.05) is 6.61 Å². The largest absolute Gasteiger partial charge is 0.376 e. The summed E-state index contributed by atoms with van der Waals surface area (Å²) in [5.41, 5.74) is -0.0518. The van der Waals surface area contributed by atoms with E-state index in [0.29, 0.717) is 6.61 Å². The van der Waals surface area contributed by atoms with E-state index in [1.54, 1.807) is 0 Å². The molecule has 0 radical (unpaired) electrons. The average molecular weight is 174 g/mol. The predicted octanol–water partition coefficient (Wildman–Crippen LogP) is 2.62. The Balaban J connectivity index is 3.37. The van der Waals surface area contributed by atoms with Crippen molar-refractivity contribution < 1.29 is 9.47 Å². The summed E-state index contributed by atoms with van der Waals surface area (Å²) in [5, 5.41) is 0. The van der Waals surface area contributed by atoms with E-state index in [2.05, 4.69) is 27.7 Å². The third kappa shape index (κ3) is 8.02. The van der Waals surface area contributed by atoms with Gasteiger partial charge in [0.05, 0.1) is 18.3 Å². The molecule has 0 bridgehead atoms. The topological polar surface area (TPSA) is 18.5 Å². The Morgan fingerprint density at radius 1 is 1.25 bits per heavy atom. The van der Waals surface area contributed by atoms with Gasteiger partial charge in [0.15, 0.2) is 0 Å². The molecule has 74 valence electrons. The maximum atomic E-state index is 5.56. The Labute approximate surface area is 76.3 Å². The molecule has 12 heavy (non-hydrogen) atoms. The molecule has 0 aliphatic heterocycles. The van der Waals surface area contributed by atoms with Crippen molar-refractivity contribution in [2.24, 2.45) is 0 Å². The Kier molecular flexibility index (Phi) is 5.51. The van der Waals surface area contributed by atoms with Crippen LogP contribution in [0, 0.1) is 0 Å². The molecule has 0 rings (SSSR count). The molecular weight excluding hydrogens is 152 g/mol. The second-order valence-electron chi connectivity index (χ2n) is 4.10. The number of rotatable bonds is 5. The van der Waals surface area contributed by atoms with Crippen LogP contribution >= 0.6 is 0 Å². The van der Waals surface area contributed by atoms with E-state index < -0.39 is 0 Å². The molecule has 0 saturated heterocycles. The molecule has 2 heteroatoms. The van der Waals surface area contributed by atoms with Crippen LogP contribution in [0.4, 0.5) is 0 Å². The highest BCUT2D eigenvalue weighted by Crippen LogP contribution is 2.07. The molecule has 2 nitrogen and oxygen atoms in total. The van der Waals surface area contributed by atoms with Crippen LogP contribution in [0.1, 0.15) is 41.0 Å². The molecular formula is C10H22O2. The summed E-state index contributed by atoms with van der Waals surface area (Å²) < 4.78 is 11.0. The molecule has 0 heterocycles. The van der Waals surface area contributed by atoms with Crippen molar-refractivity contribution in [2.75, 3.05) is 13.2 Å². The number of ether oxygens (including phenoxy) is 2. The average Bonchev–Trinajstić information content (AvgIpc) is 1.95. The van der Waals surface area contributed by atoms with E-state index in [9.17, 15) is 0 Å². The Bertz CT molecular complexity index is 105. The van der Waals surface area contributed by atoms with Crippen molar-refractivity contribution in [3.05, 3.63) is 0 Å². The SMILES string of the molecule is CCCOC(C)COC(C)(C)C. The fourth-order valence-corrected chi connectivity index (χ4v) is 0.735. The second kappa shape index (κ2) is 5.55. The van der Waals surface area contributed by atoms with Gasteiger partial charge in [-0.05, 0) is 34.1 Å². The second-order valence-corrected chi connectivity index (χ2v) is 4.10. The molecule has 0 saturated carbocycles. The van der Waals surface area contributed by atoms with Gasteiger partial charge < -0.3 is 9.47 Å². The van der Waals surface area contributed by atoms with Crippen LogP contribution in [0.15, 0.2) is 0 Å². The van der Waals surface area contributed by atoms with Crippen molar-refractivity contribution in [1.29, 1.82) is 0 Å². The van der Waals surface area contributed by atoms with Crippen LogP contribution in [0.25, 0.3) is 0 Å². The van der Waals surface area contributed by atoms with Gasteiger partial charge in [-0.3, -0.25) is 0 Å². The van der Waals surface area contributed by atoms with E-state index >= 15 is 0 Å². The minimum atomic E-state index is -0.0518. The van der Waals surface area contributed by atoms with Crippen molar-refractivity contribution >= 4 is 0 Å². The van der Waals surface area contributed by atoms with E-state index in [1.807, 2.05) is 6.92 Å². The van der Waals surface area contributed by atoms with Crippen molar-refractivity contribution in [3.8, 4) is 0 Å². The Hall–Kier alpha value is -0.0800. The first-order valence-corrected chi connectivity index (χ1v) is 4.71. The summed E-state index contributed by atoms with van der Waals surface area (Å²) in [5.74, 6) is 0. The lowest BCUT2D eigenvalue weighted by molar-refractivity contribution is -0.0662. The van der Waals surface area contributed by atoms with Gasteiger partial charge in [0.2, 0.25) is 0 Å². The van der Waals surface area contributed by atoms with Gasteiger partial charge in [-0.1, -0.05) is 6.92 Å². The lowest BCUT2D eigenvalue weighted by atomic mass is 10.2. The van der Waals surface area contributed by atoms with E-state index in [0.717, 1.165) is 13.0 Å². The quantitative estimate of drug-likeness (QED) is 0.638. The molecule has 1 unspecified atom stereocenters. The highest BCUT2D eigenvalue weighted by molar-refractivity contribution is 4.60. The standard InChI is InChI=1S/C10H22O2/c1-6-7-11-9(2)8-12-10(3,4)5/h9H,6-8H2,1-5H3. The van der Waals surface area contributed by atoms with Crippen LogP contribution in [0.2, 0.25) is 0 Å². The normalized spacial score (nSPS) is 14.8. The molecule has 0 amide bonds. The summed E-state index contributed by atoms with van der Waals surface area (Å²) in [6.45, 7) is 11.8. The molecule has 0 aliphatic rings.